The number of aliphatic hydroxyl groups is 1. The number of carbonyl (C=O) groups excluding carboxylic acids is 1. The van der Waals surface area contributed by atoms with E-state index in [0.717, 1.165) is 0 Å². The Balaban J connectivity index is 3.29. The van der Waals surface area contributed by atoms with Crippen LogP contribution in [-0.2, 0) is 21.9 Å². The lowest BCUT2D eigenvalue weighted by molar-refractivity contribution is -0.147. The number of carboxylic acid groups (broad SMARTS) is 1. The third kappa shape index (κ3) is 3.28. The zero-order valence-corrected chi connectivity index (χ0v) is 10.1. The minimum Gasteiger partial charge on any atom is -0.479 e. The van der Waals surface area contributed by atoms with Crippen LogP contribution >= 0.6 is 11.6 Å². The summed E-state index contributed by atoms with van der Waals surface area (Å²) < 4.78 is 0. The lowest BCUT2D eigenvalue weighted by Gasteiger charge is -2.15. The molecule has 0 radical (unpaired) electrons. The molecule has 1 aromatic rings. The van der Waals surface area contributed by atoms with E-state index in [1.807, 2.05) is 0 Å². The Labute approximate surface area is 104 Å². The first kappa shape index (κ1) is 13.7. The van der Waals surface area contributed by atoms with Gasteiger partial charge in [0.1, 0.15) is 5.78 Å². The summed E-state index contributed by atoms with van der Waals surface area (Å²) in [5.41, 5.74) is 1.26. The molecule has 1 atom stereocenters. The highest BCUT2D eigenvalue weighted by Crippen LogP contribution is 2.25. The Morgan fingerprint density at radius 3 is 2.41 bits per heavy atom. The van der Waals surface area contributed by atoms with Gasteiger partial charge in [-0.25, -0.2) is 4.79 Å². The van der Waals surface area contributed by atoms with Gasteiger partial charge in [0.15, 0.2) is 6.10 Å². The second-order valence-corrected chi connectivity index (χ2v) is 4.01. The van der Waals surface area contributed by atoms with Crippen molar-refractivity contribution in [3.05, 3.63) is 34.9 Å². The summed E-state index contributed by atoms with van der Waals surface area (Å²) in [5.74, 6) is -1.37. The van der Waals surface area contributed by atoms with E-state index in [9.17, 15) is 14.7 Å². The number of halogens is 1. The van der Waals surface area contributed by atoms with Crippen LogP contribution in [0.25, 0.3) is 0 Å². The first-order valence-electron chi connectivity index (χ1n) is 5.04. The van der Waals surface area contributed by atoms with Crippen LogP contribution < -0.4 is 0 Å². The van der Waals surface area contributed by atoms with E-state index in [0.29, 0.717) is 11.1 Å². The molecule has 17 heavy (non-hydrogen) atoms. The lowest BCUT2D eigenvalue weighted by Crippen LogP contribution is -2.16. The molecule has 92 valence electrons. The number of rotatable bonds is 5. The van der Waals surface area contributed by atoms with Crippen LogP contribution in [-0.4, -0.2) is 22.0 Å². The molecule has 1 aromatic carbocycles. The Bertz CT molecular complexity index is 442. The Morgan fingerprint density at radius 1 is 1.35 bits per heavy atom. The van der Waals surface area contributed by atoms with E-state index in [-0.39, 0.29) is 23.6 Å². The maximum atomic E-state index is 11.1. The number of benzene rings is 1. The largest absolute Gasteiger partial charge is 0.479 e. The number of aliphatic carboxylic acids is 1. The van der Waals surface area contributed by atoms with E-state index >= 15 is 0 Å². The van der Waals surface area contributed by atoms with Crippen molar-refractivity contribution in [1.82, 2.24) is 0 Å². The molecule has 0 aliphatic heterocycles. The number of alkyl halides is 1. The van der Waals surface area contributed by atoms with Crippen molar-refractivity contribution in [3.8, 4) is 0 Å². The normalized spacial score (nSPS) is 12.2. The molecule has 0 fully saturated rings. The monoisotopic (exact) mass is 256 g/mol. The van der Waals surface area contributed by atoms with Gasteiger partial charge < -0.3 is 10.2 Å². The van der Waals surface area contributed by atoms with E-state index in [2.05, 4.69) is 0 Å². The number of Topliss-reactive ketones (excluding diaryl/α,β-unsaturated/α-hetero) is 1. The molecular formula is C12H13ClO4. The van der Waals surface area contributed by atoms with Gasteiger partial charge in [-0.3, -0.25) is 4.79 Å². The first-order valence-corrected chi connectivity index (χ1v) is 5.57. The molecule has 2 N–H and O–H groups in total. The van der Waals surface area contributed by atoms with Gasteiger partial charge >= 0.3 is 5.97 Å². The standard InChI is InChI=1S/C12H13ClO4/c1-7(14)5-8-3-2-4-9(6-13)10(8)11(15)12(16)17/h2-4,11,15H,5-6H2,1H3,(H,16,17). The zero-order chi connectivity index (χ0) is 13.0. The maximum absolute atomic E-state index is 11.1. The highest BCUT2D eigenvalue weighted by molar-refractivity contribution is 6.17. The molecular weight excluding hydrogens is 244 g/mol. The first-order chi connectivity index (χ1) is 7.97. The zero-order valence-electron chi connectivity index (χ0n) is 9.31. The van der Waals surface area contributed by atoms with Crippen molar-refractivity contribution < 1.29 is 19.8 Å². The fourth-order valence-corrected chi connectivity index (χ4v) is 1.91. The van der Waals surface area contributed by atoms with E-state index < -0.39 is 12.1 Å². The third-order valence-corrected chi connectivity index (χ3v) is 2.67. The van der Waals surface area contributed by atoms with Crippen molar-refractivity contribution in [2.45, 2.75) is 25.3 Å². The topological polar surface area (TPSA) is 74.6 Å². The second-order valence-electron chi connectivity index (χ2n) is 3.74. The summed E-state index contributed by atoms with van der Waals surface area (Å²) in [7, 11) is 0. The number of aliphatic hydroxyl groups excluding tert-OH is 1. The fourth-order valence-electron chi connectivity index (χ4n) is 1.68. The van der Waals surface area contributed by atoms with Gasteiger partial charge in [0.05, 0.1) is 0 Å². The van der Waals surface area contributed by atoms with Gasteiger partial charge in [-0.1, -0.05) is 18.2 Å². The molecule has 0 aliphatic rings. The van der Waals surface area contributed by atoms with Crippen molar-refractivity contribution >= 4 is 23.4 Å². The smallest absolute Gasteiger partial charge is 0.337 e. The summed E-state index contributed by atoms with van der Waals surface area (Å²) >= 11 is 5.70. The predicted octanol–water partition coefficient (Wildman–Crippen LogP) is 1.67. The number of hydrogen-bond donors (Lipinski definition) is 2. The van der Waals surface area contributed by atoms with Gasteiger partial charge in [-0.15, -0.1) is 11.6 Å². The molecule has 0 spiro atoms. The average Bonchev–Trinajstić information content (AvgIpc) is 2.26. The summed E-state index contributed by atoms with van der Waals surface area (Å²) in [6.45, 7) is 1.41. The Morgan fingerprint density at radius 2 is 1.94 bits per heavy atom. The van der Waals surface area contributed by atoms with Crippen molar-refractivity contribution in [3.63, 3.8) is 0 Å². The minimum absolute atomic E-state index is 0.0877. The van der Waals surface area contributed by atoms with Crippen LogP contribution in [0.15, 0.2) is 18.2 Å². The molecule has 0 aromatic heterocycles. The lowest BCUT2D eigenvalue weighted by atomic mass is 9.94. The number of hydrogen-bond acceptors (Lipinski definition) is 3. The minimum atomic E-state index is -1.65. The van der Waals surface area contributed by atoms with Crippen LogP contribution in [0, 0.1) is 0 Å². The Hall–Kier alpha value is -1.39. The van der Waals surface area contributed by atoms with Crippen molar-refractivity contribution in [2.75, 3.05) is 0 Å². The van der Waals surface area contributed by atoms with Crippen LogP contribution in [0.5, 0.6) is 0 Å². The molecule has 1 unspecified atom stereocenters. The fraction of sp³-hybridized carbons (Fsp3) is 0.333. The van der Waals surface area contributed by atoms with E-state index in [1.54, 1.807) is 18.2 Å². The molecule has 5 heteroatoms. The summed E-state index contributed by atoms with van der Waals surface area (Å²) in [5, 5.41) is 18.5. The second kappa shape index (κ2) is 5.80. The van der Waals surface area contributed by atoms with Crippen LogP contribution in [0.4, 0.5) is 0 Å². The predicted molar refractivity (Wildman–Crippen MR) is 63.0 cm³/mol. The quantitative estimate of drug-likeness (QED) is 0.786. The van der Waals surface area contributed by atoms with Crippen LogP contribution in [0.3, 0.4) is 0 Å². The van der Waals surface area contributed by atoms with Crippen LogP contribution in [0.1, 0.15) is 29.7 Å². The van der Waals surface area contributed by atoms with Gasteiger partial charge in [0.2, 0.25) is 0 Å². The van der Waals surface area contributed by atoms with Gasteiger partial charge in [0, 0.05) is 12.3 Å². The van der Waals surface area contributed by atoms with Gasteiger partial charge in [-0.05, 0) is 23.6 Å². The van der Waals surface area contributed by atoms with E-state index in [4.69, 9.17) is 16.7 Å². The number of ketones is 1. The maximum Gasteiger partial charge on any atom is 0.337 e. The number of carbonyl (C=O) groups is 2. The molecule has 0 aliphatic carbocycles. The van der Waals surface area contributed by atoms with Gasteiger partial charge in [0.25, 0.3) is 0 Å². The molecule has 0 saturated carbocycles. The molecule has 0 heterocycles. The molecule has 0 bridgehead atoms. The highest BCUT2D eigenvalue weighted by Gasteiger charge is 2.22. The summed E-state index contributed by atoms with van der Waals surface area (Å²) in [6.07, 6.45) is -1.57. The highest BCUT2D eigenvalue weighted by atomic mass is 35.5. The molecule has 0 amide bonds. The molecule has 0 saturated heterocycles. The van der Waals surface area contributed by atoms with Gasteiger partial charge in [-0.2, -0.15) is 0 Å². The van der Waals surface area contributed by atoms with E-state index in [1.165, 1.54) is 6.92 Å². The molecule has 1 rings (SSSR count). The number of carboxylic acids is 1. The van der Waals surface area contributed by atoms with Crippen molar-refractivity contribution in [2.24, 2.45) is 0 Å². The Kier molecular flexibility index (Phi) is 4.66. The summed E-state index contributed by atoms with van der Waals surface area (Å²) in [6, 6.07) is 4.95. The SMILES string of the molecule is CC(=O)Cc1cccc(CCl)c1C(O)C(=O)O. The summed E-state index contributed by atoms with van der Waals surface area (Å²) in [4.78, 5) is 21.9. The van der Waals surface area contributed by atoms with Crippen molar-refractivity contribution in [1.29, 1.82) is 0 Å². The average molecular weight is 257 g/mol. The molecule has 4 nitrogen and oxygen atoms in total. The third-order valence-electron chi connectivity index (χ3n) is 2.38. The van der Waals surface area contributed by atoms with Crippen LogP contribution in [0.2, 0.25) is 0 Å².